The number of carbonyl (C=O) groups is 1. The third-order valence-corrected chi connectivity index (χ3v) is 4.69. The van der Waals surface area contributed by atoms with E-state index in [1.165, 1.54) is 11.3 Å². The SMILES string of the molecule is Cc1ccc(CC(=O)N2CCN(Cc3cc(C)nn3C)CC2)cc1. The van der Waals surface area contributed by atoms with E-state index in [2.05, 4.69) is 35.1 Å². The highest BCUT2D eigenvalue weighted by atomic mass is 16.2. The molecule has 0 unspecified atom stereocenters. The summed E-state index contributed by atoms with van der Waals surface area (Å²) < 4.78 is 1.95. The second-order valence-corrected chi connectivity index (χ2v) is 6.72. The Morgan fingerprint density at radius 3 is 2.33 bits per heavy atom. The van der Waals surface area contributed by atoms with Crippen LogP contribution in [0.15, 0.2) is 30.3 Å². The van der Waals surface area contributed by atoms with Gasteiger partial charge in [0.05, 0.1) is 17.8 Å². The number of benzene rings is 1. The first-order valence-electron chi connectivity index (χ1n) is 8.56. The van der Waals surface area contributed by atoms with Crippen molar-refractivity contribution in [2.75, 3.05) is 26.2 Å². The molecule has 5 heteroatoms. The Morgan fingerprint density at radius 2 is 1.75 bits per heavy atom. The zero-order chi connectivity index (χ0) is 17.1. The van der Waals surface area contributed by atoms with Gasteiger partial charge in [-0.05, 0) is 25.5 Å². The Bertz CT molecular complexity index is 697. The van der Waals surface area contributed by atoms with Crippen molar-refractivity contribution >= 4 is 5.91 Å². The molecule has 1 fully saturated rings. The van der Waals surface area contributed by atoms with Gasteiger partial charge in [0.25, 0.3) is 0 Å². The molecule has 0 saturated carbocycles. The molecule has 3 rings (SSSR count). The molecule has 1 amide bonds. The van der Waals surface area contributed by atoms with E-state index in [1.807, 2.05) is 35.7 Å². The Balaban J connectivity index is 1.50. The molecule has 24 heavy (non-hydrogen) atoms. The minimum absolute atomic E-state index is 0.231. The third-order valence-electron chi connectivity index (χ3n) is 4.69. The number of amides is 1. The van der Waals surface area contributed by atoms with Crippen LogP contribution in [-0.4, -0.2) is 51.7 Å². The van der Waals surface area contributed by atoms with Gasteiger partial charge in [-0.3, -0.25) is 14.4 Å². The maximum Gasteiger partial charge on any atom is 0.227 e. The molecular weight excluding hydrogens is 300 g/mol. The Morgan fingerprint density at radius 1 is 1.08 bits per heavy atom. The van der Waals surface area contributed by atoms with E-state index in [4.69, 9.17) is 0 Å². The summed E-state index contributed by atoms with van der Waals surface area (Å²) in [4.78, 5) is 16.9. The lowest BCUT2D eigenvalue weighted by molar-refractivity contribution is -0.132. The predicted octanol–water partition coefficient (Wildman–Crippen LogP) is 1.92. The molecule has 1 aliphatic heterocycles. The van der Waals surface area contributed by atoms with Crippen LogP contribution in [0.5, 0.6) is 0 Å². The number of nitrogens with zero attached hydrogens (tertiary/aromatic N) is 4. The van der Waals surface area contributed by atoms with E-state index >= 15 is 0 Å². The first kappa shape index (κ1) is 16.7. The molecule has 5 nitrogen and oxygen atoms in total. The number of hydrogen-bond donors (Lipinski definition) is 0. The topological polar surface area (TPSA) is 41.4 Å². The average Bonchev–Trinajstić information content (AvgIpc) is 2.88. The van der Waals surface area contributed by atoms with Crippen molar-refractivity contribution in [3.8, 4) is 0 Å². The second-order valence-electron chi connectivity index (χ2n) is 6.72. The second kappa shape index (κ2) is 7.18. The zero-order valence-electron chi connectivity index (χ0n) is 14.8. The van der Waals surface area contributed by atoms with Crippen molar-refractivity contribution in [2.45, 2.75) is 26.8 Å². The molecule has 0 spiro atoms. The first-order chi connectivity index (χ1) is 11.5. The lowest BCUT2D eigenvalue weighted by atomic mass is 10.1. The van der Waals surface area contributed by atoms with Gasteiger partial charge in [0.2, 0.25) is 5.91 Å². The van der Waals surface area contributed by atoms with Crippen LogP contribution >= 0.6 is 0 Å². The van der Waals surface area contributed by atoms with Gasteiger partial charge in [-0.15, -0.1) is 0 Å². The molecule has 1 aromatic heterocycles. The standard InChI is InChI=1S/C19H26N4O/c1-15-4-6-17(7-5-15)13-19(24)23-10-8-22(9-11-23)14-18-12-16(2)20-21(18)3/h4-7,12H,8-11,13-14H2,1-3H3. The molecule has 0 atom stereocenters. The predicted molar refractivity (Wildman–Crippen MR) is 94.7 cm³/mol. The van der Waals surface area contributed by atoms with Crippen LogP contribution in [0.4, 0.5) is 0 Å². The number of carbonyl (C=O) groups excluding carboxylic acids is 1. The van der Waals surface area contributed by atoms with Gasteiger partial charge >= 0.3 is 0 Å². The van der Waals surface area contributed by atoms with E-state index in [0.29, 0.717) is 6.42 Å². The van der Waals surface area contributed by atoms with Gasteiger partial charge in [-0.25, -0.2) is 0 Å². The molecule has 2 aromatic rings. The number of aryl methyl sites for hydroxylation is 3. The normalized spacial score (nSPS) is 15.7. The quantitative estimate of drug-likeness (QED) is 0.862. The molecule has 2 heterocycles. The number of hydrogen-bond acceptors (Lipinski definition) is 3. The number of piperazine rings is 1. The highest BCUT2D eigenvalue weighted by molar-refractivity contribution is 5.78. The molecular formula is C19H26N4O. The van der Waals surface area contributed by atoms with E-state index in [-0.39, 0.29) is 5.91 Å². The van der Waals surface area contributed by atoms with E-state index in [1.54, 1.807) is 0 Å². The van der Waals surface area contributed by atoms with E-state index < -0.39 is 0 Å². The van der Waals surface area contributed by atoms with E-state index in [0.717, 1.165) is 44.0 Å². The van der Waals surface area contributed by atoms with Crippen molar-refractivity contribution in [3.05, 3.63) is 52.8 Å². The molecule has 0 aliphatic carbocycles. The van der Waals surface area contributed by atoms with Crippen molar-refractivity contribution in [2.24, 2.45) is 7.05 Å². The smallest absolute Gasteiger partial charge is 0.227 e. The van der Waals surface area contributed by atoms with Crippen LogP contribution in [0.3, 0.4) is 0 Å². The number of rotatable bonds is 4. The van der Waals surface area contributed by atoms with Gasteiger partial charge in [0.1, 0.15) is 0 Å². The Hall–Kier alpha value is -2.14. The summed E-state index contributed by atoms with van der Waals surface area (Å²) in [5.74, 6) is 0.231. The molecule has 128 valence electrons. The Labute approximate surface area is 143 Å². The van der Waals surface area contributed by atoms with Crippen LogP contribution in [-0.2, 0) is 24.8 Å². The molecule has 1 saturated heterocycles. The van der Waals surface area contributed by atoms with Crippen molar-refractivity contribution < 1.29 is 4.79 Å². The largest absolute Gasteiger partial charge is 0.340 e. The first-order valence-corrected chi connectivity index (χ1v) is 8.56. The van der Waals surface area contributed by atoms with Gasteiger partial charge in [0, 0.05) is 39.8 Å². The fourth-order valence-corrected chi connectivity index (χ4v) is 3.19. The minimum atomic E-state index is 0.231. The summed E-state index contributed by atoms with van der Waals surface area (Å²) >= 11 is 0. The zero-order valence-corrected chi connectivity index (χ0v) is 14.8. The monoisotopic (exact) mass is 326 g/mol. The van der Waals surface area contributed by atoms with E-state index in [9.17, 15) is 4.79 Å². The fourth-order valence-electron chi connectivity index (χ4n) is 3.19. The van der Waals surface area contributed by atoms with Crippen LogP contribution in [0.25, 0.3) is 0 Å². The summed E-state index contributed by atoms with van der Waals surface area (Å²) in [7, 11) is 1.99. The summed E-state index contributed by atoms with van der Waals surface area (Å²) in [5.41, 5.74) is 4.61. The summed E-state index contributed by atoms with van der Waals surface area (Å²) in [6.45, 7) is 8.44. The summed E-state index contributed by atoms with van der Waals surface area (Å²) in [5, 5.41) is 4.40. The fraction of sp³-hybridized carbons (Fsp3) is 0.474. The molecule has 1 aliphatic rings. The van der Waals surface area contributed by atoms with Crippen molar-refractivity contribution in [1.29, 1.82) is 0 Å². The lowest BCUT2D eigenvalue weighted by Crippen LogP contribution is -2.48. The maximum absolute atomic E-state index is 12.5. The minimum Gasteiger partial charge on any atom is -0.340 e. The van der Waals surface area contributed by atoms with Crippen LogP contribution in [0.2, 0.25) is 0 Å². The van der Waals surface area contributed by atoms with Gasteiger partial charge < -0.3 is 4.90 Å². The maximum atomic E-state index is 12.5. The molecule has 1 aromatic carbocycles. The summed E-state index contributed by atoms with van der Waals surface area (Å²) in [6, 6.07) is 10.4. The van der Waals surface area contributed by atoms with Crippen molar-refractivity contribution in [1.82, 2.24) is 19.6 Å². The number of aromatic nitrogens is 2. The van der Waals surface area contributed by atoms with Gasteiger partial charge in [0.15, 0.2) is 0 Å². The summed E-state index contributed by atoms with van der Waals surface area (Å²) in [6.07, 6.45) is 0.501. The Kier molecular flexibility index (Phi) is 5.00. The third kappa shape index (κ3) is 4.03. The van der Waals surface area contributed by atoms with Crippen LogP contribution < -0.4 is 0 Å². The van der Waals surface area contributed by atoms with Gasteiger partial charge in [-0.2, -0.15) is 5.10 Å². The molecule has 0 radical (unpaired) electrons. The highest BCUT2D eigenvalue weighted by Gasteiger charge is 2.21. The average molecular weight is 326 g/mol. The van der Waals surface area contributed by atoms with Crippen LogP contribution in [0.1, 0.15) is 22.5 Å². The molecule has 0 bridgehead atoms. The van der Waals surface area contributed by atoms with Crippen molar-refractivity contribution in [3.63, 3.8) is 0 Å². The van der Waals surface area contributed by atoms with Crippen LogP contribution in [0, 0.1) is 13.8 Å². The highest BCUT2D eigenvalue weighted by Crippen LogP contribution is 2.11. The lowest BCUT2D eigenvalue weighted by Gasteiger charge is -2.34. The van der Waals surface area contributed by atoms with Gasteiger partial charge in [-0.1, -0.05) is 29.8 Å². The molecule has 0 N–H and O–H groups in total.